The quantitative estimate of drug-likeness (QED) is 0.706. The van der Waals surface area contributed by atoms with Crippen LogP contribution >= 0.6 is 0 Å². The number of amides is 1. The molecule has 1 aliphatic carbocycles. The van der Waals surface area contributed by atoms with Crippen LogP contribution in [-0.2, 0) is 0 Å². The van der Waals surface area contributed by atoms with Gasteiger partial charge in [-0.15, -0.1) is 0 Å². The van der Waals surface area contributed by atoms with Crippen LogP contribution in [-0.4, -0.2) is 23.1 Å². The summed E-state index contributed by atoms with van der Waals surface area (Å²) in [5.41, 5.74) is 6.31. The Morgan fingerprint density at radius 3 is 2.93 bits per heavy atom. The molecule has 0 bridgehead atoms. The molecule has 76 valence electrons. The molecule has 1 heterocycles. The highest BCUT2D eigenvalue weighted by atomic mass is 16.5. The standard InChI is InChI=1S/C9H13N3O2/c1-5-2-8(14-12-5)9(13)11-7-3-6(10)4-7/h2,6-7H,3-4,10H2,1H3,(H,11,13). The maximum atomic E-state index is 11.5. The highest BCUT2D eigenvalue weighted by Crippen LogP contribution is 2.17. The van der Waals surface area contributed by atoms with Gasteiger partial charge in [-0.1, -0.05) is 5.16 Å². The number of carbonyl (C=O) groups is 1. The Hall–Kier alpha value is -1.36. The minimum Gasteiger partial charge on any atom is -0.351 e. The second kappa shape index (κ2) is 3.42. The molecule has 0 radical (unpaired) electrons. The van der Waals surface area contributed by atoms with E-state index in [0.29, 0.717) is 5.69 Å². The maximum Gasteiger partial charge on any atom is 0.290 e. The van der Waals surface area contributed by atoms with Crippen LogP contribution in [0.3, 0.4) is 0 Å². The van der Waals surface area contributed by atoms with Crippen molar-refractivity contribution in [2.45, 2.75) is 31.8 Å². The summed E-state index contributed by atoms with van der Waals surface area (Å²) in [5, 5.41) is 6.47. The average Bonchev–Trinajstić information content (AvgIpc) is 2.49. The van der Waals surface area contributed by atoms with Crippen molar-refractivity contribution in [3.63, 3.8) is 0 Å². The largest absolute Gasteiger partial charge is 0.351 e. The summed E-state index contributed by atoms with van der Waals surface area (Å²) in [5.74, 6) is 0.0606. The molecule has 3 N–H and O–H groups in total. The van der Waals surface area contributed by atoms with Crippen LogP contribution in [0.25, 0.3) is 0 Å². The summed E-state index contributed by atoms with van der Waals surface area (Å²) in [6.45, 7) is 1.78. The van der Waals surface area contributed by atoms with Gasteiger partial charge in [0, 0.05) is 18.2 Å². The van der Waals surface area contributed by atoms with Crippen molar-refractivity contribution < 1.29 is 9.32 Å². The van der Waals surface area contributed by atoms with Crippen LogP contribution < -0.4 is 11.1 Å². The van der Waals surface area contributed by atoms with Crippen LogP contribution in [0.5, 0.6) is 0 Å². The van der Waals surface area contributed by atoms with Crippen LogP contribution in [0, 0.1) is 6.92 Å². The van der Waals surface area contributed by atoms with Gasteiger partial charge in [0.15, 0.2) is 0 Å². The van der Waals surface area contributed by atoms with Gasteiger partial charge in [-0.3, -0.25) is 4.79 Å². The lowest BCUT2D eigenvalue weighted by Crippen LogP contribution is -2.50. The summed E-state index contributed by atoms with van der Waals surface area (Å²) < 4.78 is 4.83. The Labute approximate surface area is 81.6 Å². The Morgan fingerprint density at radius 2 is 2.43 bits per heavy atom. The van der Waals surface area contributed by atoms with Gasteiger partial charge in [-0.25, -0.2) is 0 Å². The van der Waals surface area contributed by atoms with Gasteiger partial charge < -0.3 is 15.6 Å². The molecule has 1 aliphatic rings. The topological polar surface area (TPSA) is 81.2 Å². The van der Waals surface area contributed by atoms with E-state index in [1.165, 1.54) is 0 Å². The minimum atomic E-state index is -0.206. The van der Waals surface area contributed by atoms with Gasteiger partial charge in [0.1, 0.15) is 0 Å². The Balaban J connectivity index is 1.90. The lowest BCUT2D eigenvalue weighted by Gasteiger charge is -2.32. The first kappa shape index (κ1) is 9.21. The molecule has 5 nitrogen and oxygen atoms in total. The lowest BCUT2D eigenvalue weighted by atomic mass is 9.87. The van der Waals surface area contributed by atoms with Crippen molar-refractivity contribution in [1.29, 1.82) is 0 Å². The van der Waals surface area contributed by atoms with Crippen LogP contribution in [0.15, 0.2) is 10.6 Å². The zero-order valence-electron chi connectivity index (χ0n) is 7.99. The molecule has 0 aliphatic heterocycles. The van der Waals surface area contributed by atoms with E-state index in [1.807, 2.05) is 0 Å². The predicted molar refractivity (Wildman–Crippen MR) is 49.7 cm³/mol. The number of carbonyl (C=O) groups excluding carboxylic acids is 1. The molecular weight excluding hydrogens is 182 g/mol. The second-order valence-corrected chi connectivity index (χ2v) is 3.73. The van der Waals surface area contributed by atoms with Crippen LogP contribution in [0.4, 0.5) is 0 Å². The molecule has 2 rings (SSSR count). The third-order valence-corrected chi connectivity index (χ3v) is 2.36. The van der Waals surface area contributed by atoms with E-state index in [9.17, 15) is 4.79 Å². The van der Waals surface area contributed by atoms with Crippen LogP contribution in [0.2, 0.25) is 0 Å². The summed E-state index contributed by atoms with van der Waals surface area (Å²) in [4.78, 5) is 11.5. The monoisotopic (exact) mass is 195 g/mol. The number of hydrogen-bond acceptors (Lipinski definition) is 4. The van der Waals surface area contributed by atoms with E-state index in [2.05, 4.69) is 10.5 Å². The van der Waals surface area contributed by atoms with Crippen molar-refractivity contribution in [3.8, 4) is 0 Å². The van der Waals surface area contributed by atoms with Crippen molar-refractivity contribution in [1.82, 2.24) is 10.5 Å². The van der Waals surface area contributed by atoms with Gasteiger partial charge in [-0.05, 0) is 19.8 Å². The normalized spacial score (nSPS) is 25.6. The molecule has 0 unspecified atom stereocenters. The van der Waals surface area contributed by atoms with Crippen molar-refractivity contribution in [2.24, 2.45) is 5.73 Å². The molecule has 1 fully saturated rings. The zero-order valence-corrected chi connectivity index (χ0v) is 7.99. The molecule has 1 saturated carbocycles. The summed E-state index contributed by atoms with van der Waals surface area (Å²) >= 11 is 0. The molecule has 1 aromatic rings. The number of aryl methyl sites for hydroxylation is 1. The first-order valence-electron chi connectivity index (χ1n) is 4.65. The van der Waals surface area contributed by atoms with E-state index >= 15 is 0 Å². The van der Waals surface area contributed by atoms with Gasteiger partial charge in [0.2, 0.25) is 5.76 Å². The molecule has 0 saturated heterocycles. The van der Waals surface area contributed by atoms with Gasteiger partial charge in [0.25, 0.3) is 5.91 Å². The summed E-state index contributed by atoms with van der Waals surface area (Å²) in [6.07, 6.45) is 1.69. The maximum absolute atomic E-state index is 11.5. The van der Waals surface area contributed by atoms with Gasteiger partial charge in [-0.2, -0.15) is 0 Å². The number of aromatic nitrogens is 1. The molecule has 0 spiro atoms. The summed E-state index contributed by atoms with van der Waals surface area (Å²) in [7, 11) is 0. The van der Waals surface area contributed by atoms with E-state index < -0.39 is 0 Å². The SMILES string of the molecule is Cc1cc(C(=O)NC2CC(N)C2)on1. The van der Waals surface area contributed by atoms with Crippen molar-refractivity contribution in [2.75, 3.05) is 0 Å². The van der Waals surface area contributed by atoms with Gasteiger partial charge >= 0.3 is 0 Å². The molecule has 14 heavy (non-hydrogen) atoms. The lowest BCUT2D eigenvalue weighted by molar-refractivity contribution is 0.0872. The second-order valence-electron chi connectivity index (χ2n) is 3.73. The van der Waals surface area contributed by atoms with E-state index in [1.54, 1.807) is 13.0 Å². The fourth-order valence-corrected chi connectivity index (χ4v) is 1.51. The predicted octanol–water partition coefficient (Wildman–Crippen LogP) is 0.203. The third-order valence-electron chi connectivity index (χ3n) is 2.36. The van der Waals surface area contributed by atoms with Gasteiger partial charge in [0.05, 0.1) is 5.69 Å². The first-order valence-corrected chi connectivity index (χ1v) is 4.65. The van der Waals surface area contributed by atoms with E-state index in [4.69, 9.17) is 10.3 Å². The fourth-order valence-electron chi connectivity index (χ4n) is 1.51. The number of nitrogens with zero attached hydrogens (tertiary/aromatic N) is 1. The molecule has 5 heteroatoms. The number of rotatable bonds is 2. The third kappa shape index (κ3) is 1.77. The smallest absolute Gasteiger partial charge is 0.290 e. The summed E-state index contributed by atoms with van der Waals surface area (Å²) in [6, 6.07) is 2.05. The molecule has 0 aromatic carbocycles. The van der Waals surface area contributed by atoms with Crippen molar-refractivity contribution >= 4 is 5.91 Å². The van der Waals surface area contributed by atoms with Crippen molar-refractivity contribution in [3.05, 3.63) is 17.5 Å². The Kier molecular flexibility index (Phi) is 2.25. The molecular formula is C9H13N3O2. The van der Waals surface area contributed by atoms with Crippen LogP contribution in [0.1, 0.15) is 29.1 Å². The first-order chi connectivity index (χ1) is 6.65. The molecule has 0 atom stereocenters. The zero-order chi connectivity index (χ0) is 10.1. The highest BCUT2D eigenvalue weighted by molar-refractivity contribution is 5.91. The van der Waals surface area contributed by atoms with E-state index in [-0.39, 0.29) is 23.8 Å². The molecule has 1 aromatic heterocycles. The highest BCUT2D eigenvalue weighted by Gasteiger charge is 2.28. The number of hydrogen-bond donors (Lipinski definition) is 2. The number of nitrogens with one attached hydrogen (secondary N) is 1. The van der Waals surface area contributed by atoms with E-state index in [0.717, 1.165) is 12.8 Å². The fraction of sp³-hybridized carbons (Fsp3) is 0.556. The minimum absolute atomic E-state index is 0.197. The Morgan fingerprint density at radius 1 is 1.71 bits per heavy atom. The average molecular weight is 195 g/mol. The molecule has 1 amide bonds. The Bertz CT molecular complexity index is 342. The number of nitrogens with two attached hydrogens (primary N) is 1.